The second-order valence-electron chi connectivity index (χ2n) is 3.87. The second-order valence-corrected chi connectivity index (χ2v) is 3.87. The summed E-state index contributed by atoms with van der Waals surface area (Å²) >= 11 is 0. The number of primary amides is 1. The Balaban J connectivity index is 2.29. The van der Waals surface area contributed by atoms with Gasteiger partial charge in [0.25, 0.3) is 5.91 Å². The van der Waals surface area contributed by atoms with Crippen LogP contribution in [0.2, 0.25) is 0 Å². The second kappa shape index (κ2) is 3.93. The predicted octanol–water partition coefficient (Wildman–Crippen LogP) is 1.89. The third kappa shape index (κ3) is 2.29. The molecule has 80 valence electrons. The van der Waals surface area contributed by atoms with E-state index in [0.29, 0.717) is 11.3 Å². The Morgan fingerprint density at radius 3 is 2.80 bits per heavy atom. The molecule has 0 unspecified atom stereocenters. The smallest absolute Gasteiger partial charge is 0.252 e. The molecule has 1 aromatic rings. The summed E-state index contributed by atoms with van der Waals surface area (Å²) in [6.45, 7) is 2.04. The van der Waals surface area contributed by atoms with Crippen LogP contribution in [0.25, 0.3) is 0 Å². The Labute approximate surface area is 89.2 Å². The van der Waals surface area contributed by atoms with Gasteiger partial charge in [0.2, 0.25) is 0 Å². The largest absolute Gasteiger partial charge is 0.490 e. The third-order valence-electron chi connectivity index (χ3n) is 2.54. The third-order valence-corrected chi connectivity index (χ3v) is 2.54. The number of aryl methyl sites for hydroxylation is 1. The molecule has 1 aromatic carbocycles. The molecule has 3 nitrogen and oxygen atoms in total. The van der Waals surface area contributed by atoms with Crippen molar-refractivity contribution >= 4 is 5.91 Å². The average molecular weight is 205 g/mol. The van der Waals surface area contributed by atoms with Gasteiger partial charge in [0, 0.05) is 0 Å². The summed E-state index contributed by atoms with van der Waals surface area (Å²) in [6.07, 6.45) is 3.33. The summed E-state index contributed by atoms with van der Waals surface area (Å²) < 4.78 is 5.62. The van der Waals surface area contributed by atoms with Crippen LogP contribution in [0, 0.1) is 0 Å². The lowest BCUT2D eigenvalue weighted by Gasteiger charge is -2.09. The Morgan fingerprint density at radius 1 is 1.53 bits per heavy atom. The molecule has 0 spiro atoms. The van der Waals surface area contributed by atoms with Crippen LogP contribution < -0.4 is 10.5 Å². The van der Waals surface area contributed by atoms with Crippen molar-refractivity contribution in [3.05, 3.63) is 29.3 Å². The van der Waals surface area contributed by atoms with E-state index < -0.39 is 5.91 Å². The molecule has 0 bridgehead atoms. The van der Waals surface area contributed by atoms with Gasteiger partial charge in [-0.3, -0.25) is 4.79 Å². The van der Waals surface area contributed by atoms with E-state index in [1.165, 1.54) is 0 Å². The van der Waals surface area contributed by atoms with Crippen LogP contribution in [-0.4, -0.2) is 12.0 Å². The first kappa shape index (κ1) is 10.0. The number of carbonyl (C=O) groups excluding carboxylic acids is 1. The molecular weight excluding hydrogens is 190 g/mol. The van der Waals surface area contributed by atoms with Gasteiger partial charge in [-0.1, -0.05) is 13.0 Å². The van der Waals surface area contributed by atoms with Gasteiger partial charge in [0.15, 0.2) is 0 Å². The molecular formula is C12H15NO2. The van der Waals surface area contributed by atoms with Crippen LogP contribution in [-0.2, 0) is 6.42 Å². The molecule has 0 aromatic heterocycles. The number of nitrogens with two attached hydrogens (primary N) is 1. The molecule has 2 N–H and O–H groups in total. The minimum absolute atomic E-state index is 0.288. The topological polar surface area (TPSA) is 52.3 Å². The van der Waals surface area contributed by atoms with Crippen molar-refractivity contribution in [3.63, 3.8) is 0 Å². The Kier molecular flexibility index (Phi) is 2.62. The fourth-order valence-corrected chi connectivity index (χ4v) is 1.46. The minimum Gasteiger partial charge on any atom is -0.490 e. The fraction of sp³-hybridized carbons (Fsp3) is 0.417. The number of hydrogen-bond donors (Lipinski definition) is 1. The molecule has 0 saturated heterocycles. The van der Waals surface area contributed by atoms with Crippen LogP contribution in [0.3, 0.4) is 0 Å². The van der Waals surface area contributed by atoms with Gasteiger partial charge in [-0.25, -0.2) is 0 Å². The number of hydrogen-bond acceptors (Lipinski definition) is 2. The van der Waals surface area contributed by atoms with Crippen LogP contribution >= 0.6 is 0 Å². The minimum atomic E-state index is -0.416. The maximum atomic E-state index is 11.2. The summed E-state index contributed by atoms with van der Waals surface area (Å²) in [5, 5.41) is 0. The van der Waals surface area contributed by atoms with E-state index in [1.807, 2.05) is 25.1 Å². The quantitative estimate of drug-likeness (QED) is 0.816. The Hall–Kier alpha value is -1.51. The molecule has 15 heavy (non-hydrogen) atoms. The van der Waals surface area contributed by atoms with E-state index in [2.05, 4.69) is 0 Å². The molecule has 2 rings (SSSR count). The molecule has 1 aliphatic carbocycles. The number of rotatable bonds is 4. The van der Waals surface area contributed by atoms with Gasteiger partial charge < -0.3 is 10.5 Å². The van der Waals surface area contributed by atoms with E-state index in [4.69, 9.17) is 10.5 Å². The van der Waals surface area contributed by atoms with Crippen molar-refractivity contribution in [1.29, 1.82) is 0 Å². The molecule has 0 heterocycles. The first-order valence-electron chi connectivity index (χ1n) is 5.30. The van der Waals surface area contributed by atoms with Gasteiger partial charge in [0.05, 0.1) is 11.7 Å². The van der Waals surface area contributed by atoms with Crippen molar-refractivity contribution in [2.24, 2.45) is 5.73 Å². The van der Waals surface area contributed by atoms with Crippen LogP contribution in [0.15, 0.2) is 18.2 Å². The maximum Gasteiger partial charge on any atom is 0.252 e. The van der Waals surface area contributed by atoms with E-state index in [9.17, 15) is 4.79 Å². The van der Waals surface area contributed by atoms with E-state index in [-0.39, 0.29) is 6.10 Å². The Morgan fingerprint density at radius 2 is 2.27 bits per heavy atom. The SMILES string of the molecule is CCc1ccc(OC2CC2)c(C(N)=O)c1. The first-order chi connectivity index (χ1) is 7.20. The van der Waals surface area contributed by atoms with Crippen LogP contribution in [0.5, 0.6) is 5.75 Å². The van der Waals surface area contributed by atoms with Crippen LogP contribution in [0.1, 0.15) is 35.7 Å². The lowest BCUT2D eigenvalue weighted by atomic mass is 10.1. The average Bonchev–Trinajstić information content (AvgIpc) is 3.02. The van der Waals surface area contributed by atoms with Gasteiger partial charge in [-0.05, 0) is 37.0 Å². The lowest BCUT2D eigenvalue weighted by Crippen LogP contribution is -2.14. The molecule has 1 amide bonds. The number of ether oxygens (including phenoxy) is 1. The van der Waals surface area contributed by atoms with E-state index in [0.717, 1.165) is 24.8 Å². The van der Waals surface area contributed by atoms with Gasteiger partial charge in [0.1, 0.15) is 5.75 Å². The number of benzene rings is 1. The zero-order chi connectivity index (χ0) is 10.8. The Bertz CT molecular complexity index is 383. The van der Waals surface area contributed by atoms with Crippen molar-refractivity contribution in [3.8, 4) is 5.75 Å². The predicted molar refractivity (Wildman–Crippen MR) is 58.0 cm³/mol. The number of amides is 1. The maximum absolute atomic E-state index is 11.2. The zero-order valence-corrected chi connectivity index (χ0v) is 8.82. The number of carbonyl (C=O) groups is 1. The summed E-state index contributed by atoms with van der Waals surface area (Å²) in [5.74, 6) is 0.211. The fourth-order valence-electron chi connectivity index (χ4n) is 1.46. The van der Waals surface area contributed by atoms with Gasteiger partial charge in [-0.15, -0.1) is 0 Å². The summed E-state index contributed by atoms with van der Waals surface area (Å²) in [7, 11) is 0. The summed E-state index contributed by atoms with van der Waals surface area (Å²) in [4.78, 5) is 11.2. The van der Waals surface area contributed by atoms with E-state index >= 15 is 0 Å². The molecule has 1 fully saturated rings. The van der Waals surface area contributed by atoms with Gasteiger partial charge >= 0.3 is 0 Å². The van der Waals surface area contributed by atoms with E-state index in [1.54, 1.807) is 0 Å². The highest BCUT2D eigenvalue weighted by Gasteiger charge is 2.25. The van der Waals surface area contributed by atoms with Crippen molar-refractivity contribution in [2.45, 2.75) is 32.3 Å². The normalized spacial score (nSPS) is 15.0. The molecule has 0 aliphatic heterocycles. The molecule has 0 atom stereocenters. The van der Waals surface area contributed by atoms with Crippen molar-refractivity contribution in [1.82, 2.24) is 0 Å². The van der Waals surface area contributed by atoms with Crippen LogP contribution in [0.4, 0.5) is 0 Å². The zero-order valence-electron chi connectivity index (χ0n) is 8.82. The van der Waals surface area contributed by atoms with Gasteiger partial charge in [-0.2, -0.15) is 0 Å². The molecule has 1 saturated carbocycles. The highest BCUT2D eigenvalue weighted by Crippen LogP contribution is 2.29. The monoisotopic (exact) mass is 205 g/mol. The molecule has 0 radical (unpaired) electrons. The molecule has 1 aliphatic rings. The highest BCUT2D eigenvalue weighted by atomic mass is 16.5. The lowest BCUT2D eigenvalue weighted by molar-refractivity contribution is 0.0996. The first-order valence-corrected chi connectivity index (χ1v) is 5.30. The highest BCUT2D eigenvalue weighted by molar-refractivity contribution is 5.95. The summed E-state index contributed by atoms with van der Waals surface area (Å²) in [6, 6.07) is 5.64. The van der Waals surface area contributed by atoms with Crippen molar-refractivity contribution < 1.29 is 9.53 Å². The molecule has 3 heteroatoms. The van der Waals surface area contributed by atoms with Crippen molar-refractivity contribution in [2.75, 3.05) is 0 Å². The summed E-state index contributed by atoms with van der Waals surface area (Å²) in [5.41, 5.74) is 6.92. The standard InChI is InChI=1S/C12H15NO2/c1-2-8-3-6-11(15-9-4-5-9)10(7-8)12(13)14/h3,6-7,9H,2,4-5H2,1H3,(H2,13,14).